The van der Waals surface area contributed by atoms with Crippen LogP contribution in [0.25, 0.3) is 0 Å². The van der Waals surface area contributed by atoms with E-state index < -0.39 is 11.9 Å². The van der Waals surface area contributed by atoms with Gasteiger partial charge in [-0.15, -0.1) is 0 Å². The van der Waals surface area contributed by atoms with Crippen LogP contribution in [0, 0.1) is 13.8 Å². The molecular weight excluding hydrogens is 326 g/mol. The summed E-state index contributed by atoms with van der Waals surface area (Å²) in [6.07, 6.45) is 0.878. The highest BCUT2D eigenvalue weighted by molar-refractivity contribution is 5.79. The molecule has 0 aliphatic heterocycles. The Morgan fingerprint density at radius 2 is 1.73 bits per heavy atom. The summed E-state index contributed by atoms with van der Waals surface area (Å²) in [5.41, 5.74) is 15.9. The van der Waals surface area contributed by atoms with Crippen molar-refractivity contribution in [2.24, 2.45) is 11.5 Å². The lowest BCUT2D eigenvalue weighted by molar-refractivity contribution is -0.123. The van der Waals surface area contributed by atoms with Crippen molar-refractivity contribution >= 4 is 11.8 Å². The van der Waals surface area contributed by atoms with E-state index in [2.05, 4.69) is 17.4 Å². The fourth-order valence-electron chi connectivity index (χ4n) is 3.06. The van der Waals surface area contributed by atoms with Crippen LogP contribution in [0.3, 0.4) is 0 Å². The van der Waals surface area contributed by atoms with Crippen LogP contribution in [-0.2, 0) is 16.0 Å². The molecule has 0 saturated carbocycles. The molecule has 0 saturated heterocycles. The zero-order valence-corrected chi connectivity index (χ0v) is 15.4. The SMILES string of the molecule is Cc1ccc(CC(N)CC(=O)N[C@@H](CC(N)=O)c2ccccc2)c(C)c1. The second-order valence-corrected chi connectivity index (χ2v) is 6.80. The summed E-state index contributed by atoms with van der Waals surface area (Å²) >= 11 is 0. The summed E-state index contributed by atoms with van der Waals surface area (Å²) in [6, 6.07) is 14.8. The Morgan fingerprint density at radius 3 is 2.35 bits per heavy atom. The molecule has 2 atom stereocenters. The van der Waals surface area contributed by atoms with Crippen LogP contribution in [-0.4, -0.2) is 17.9 Å². The van der Waals surface area contributed by atoms with Crippen molar-refractivity contribution in [3.63, 3.8) is 0 Å². The minimum absolute atomic E-state index is 0.0576. The minimum Gasteiger partial charge on any atom is -0.370 e. The van der Waals surface area contributed by atoms with Crippen molar-refractivity contribution < 1.29 is 9.59 Å². The molecule has 2 aromatic carbocycles. The first-order valence-electron chi connectivity index (χ1n) is 8.79. The van der Waals surface area contributed by atoms with E-state index in [0.717, 1.165) is 11.1 Å². The summed E-state index contributed by atoms with van der Waals surface area (Å²) in [4.78, 5) is 23.7. The van der Waals surface area contributed by atoms with Crippen molar-refractivity contribution in [3.8, 4) is 0 Å². The van der Waals surface area contributed by atoms with Crippen molar-refractivity contribution in [3.05, 3.63) is 70.8 Å². The van der Waals surface area contributed by atoms with Gasteiger partial charge in [-0.25, -0.2) is 0 Å². The molecule has 2 amide bonds. The summed E-state index contributed by atoms with van der Waals surface area (Å²) < 4.78 is 0. The summed E-state index contributed by atoms with van der Waals surface area (Å²) in [6.45, 7) is 4.10. The Labute approximate surface area is 154 Å². The number of hydrogen-bond acceptors (Lipinski definition) is 3. The highest BCUT2D eigenvalue weighted by Crippen LogP contribution is 2.17. The van der Waals surface area contributed by atoms with Gasteiger partial charge in [-0.05, 0) is 37.0 Å². The molecule has 0 heterocycles. The first-order chi connectivity index (χ1) is 12.3. The highest BCUT2D eigenvalue weighted by atomic mass is 16.2. The van der Waals surface area contributed by atoms with Gasteiger partial charge in [0.15, 0.2) is 0 Å². The van der Waals surface area contributed by atoms with E-state index in [-0.39, 0.29) is 24.8 Å². The fraction of sp³-hybridized carbons (Fsp3) is 0.333. The van der Waals surface area contributed by atoms with Crippen LogP contribution in [0.1, 0.15) is 41.1 Å². The monoisotopic (exact) mass is 353 g/mol. The number of amides is 2. The number of rotatable bonds is 8. The largest absolute Gasteiger partial charge is 0.370 e. The highest BCUT2D eigenvalue weighted by Gasteiger charge is 2.19. The van der Waals surface area contributed by atoms with Gasteiger partial charge in [0, 0.05) is 12.5 Å². The zero-order chi connectivity index (χ0) is 19.1. The second-order valence-electron chi connectivity index (χ2n) is 6.80. The lowest BCUT2D eigenvalue weighted by Gasteiger charge is -2.20. The molecule has 0 spiro atoms. The Hall–Kier alpha value is -2.66. The number of benzene rings is 2. The van der Waals surface area contributed by atoms with Gasteiger partial charge >= 0.3 is 0 Å². The molecule has 138 valence electrons. The molecule has 2 rings (SSSR count). The maximum atomic E-state index is 12.4. The van der Waals surface area contributed by atoms with Crippen molar-refractivity contribution in [1.29, 1.82) is 0 Å². The van der Waals surface area contributed by atoms with Gasteiger partial charge in [-0.3, -0.25) is 9.59 Å². The third-order valence-corrected chi connectivity index (χ3v) is 4.37. The Morgan fingerprint density at radius 1 is 1.04 bits per heavy atom. The number of carbonyl (C=O) groups is 2. The molecule has 2 aromatic rings. The van der Waals surface area contributed by atoms with Gasteiger partial charge in [0.1, 0.15) is 0 Å². The number of nitrogens with two attached hydrogens (primary N) is 2. The lowest BCUT2D eigenvalue weighted by atomic mass is 9.97. The van der Waals surface area contributed by atoms with Gasteiger partial charge in [0.25, 0.3) is 0 Å². The van der Waals surface area contributed by atoms with E-state index in [0.29, 0.717) is 6.42 Å². The molecule has 0 aromatic heterocycles. The van der Waals surface area contributed by atoms with Gasteiger partial charge in [-0.2, -0.15) is 0 Å². The van der Waals surface area contributed by atoms with Crippen LogP contribution < -0.4 is 16.8 Å². The predicted octanol–water partition coefficient (Wildman–Crippen LogP) is 2.30. The lowest BCUT2D eigenvalue weighted by Crippen LogP contribution is -2.36. The minimum atomic E-state index is -0.460. The van der Waals surface area contributed by atoms with E-state index >= 15 is 0 Å². The summed E-state index contributed by atoms with van der Waals surface area (Å²) in [7, 11) is 0. The van der Waals surface area contributed by atoms with Gasteiger partial charge in [0.05, 0.1) is 12.5 Å². The van der Waals surface area contributed by atoms with E-state index in [4.69, 9.17) is 11.5 Å². The second kappa shape index (κ2) is 9.15. The molecule has 0 radical (unpaired) electrons. The molecule has 5 heteroatoms. The van der Waals surface area contributed by atoms with Crippen LogP contribution in [0.2, 0.25) is 0 Å². The van der Waals surface area contributed by atoms with Gasteiger partial charge in [0.2, 0.25) is 11.8 Å². The molecule has 26 heavy (non-hydrogen) atoms. The molecule has 0 fully saturated rings. The van der Waals surface area contributed by atoms with Crippen molar-refractivity contribution in [2.75, 3.05) is 0 Å². The van der Waals surface area contributed by atoms with Crippen LogP contribution >= 0.6 is 0 Å². The third-order valence-electron chi connectivity index (χ3n) is 4.37. The Bertz CT molecular complexity index is 759. The number of hydrogen-bond donors (Lipinski definition) is 3. The predicted molar refractivity (Wildman–Crippen MR) is 103 cm³/mol. The van der Waals surface area contributed by atoms with E-state index in [1.165, 1.54) is 11.1 Å². The molecule has 0 aliphatic carbocycles. The summed E-state index contributed by atoms with van der Waals surface area (Å²) in [5.74, 6) is -0.643. The van der Waals surface area contributed by atoms with Crippen LogP contribution in [0.15, 0.2) is 48.5 Å². The van der Waals surface area contributed by atoms with E-state index in [1.807, 2.05) is 50.2 Å². The van der Waals surface area contributed by atoms with Crippen molar-refractivity contribution in [2.45, 2.75) is 45.2 Å². The summed E-state index contributed by atoms with van der Waals surface area (Å²) in [5, 5.41) is 2.89. The number of primary amides is 1. The quantitative estimate of drug-likeness (QED) is 0.679. The topological polar surface area (TPSA) is 98.2 Å². The maximum absolute atomic E-state index is 12.4. The smallest absolute Gasteiger partial charge is 0.222 e. The van der Waals surface area contributed by atoms with Gasteiger partial charge < -0.3 is 16.8 Å². The van der Waals surface area contributed by atoms with Crippen molar-refractivity contribution in [1.82, 2.24) is 5.32 Å². The normalized spacial score (nSPS) is 13.0. The Balaban J connectivity index is 1.97. The van der Waals surface area contributed by atoms with E-state index in [9.17, 15) is 9.59 Å². The number of aryl methyl sites for hydroxylation is 2. The van der Waals surface area contributed by atoms with E-state index in [1.54, 1.807) is 0 Å². The molecule has 0 aliphatic rings. The molecule has 5 nitrogen and oxygen atoms in total. The average molecular weight is 353 g/mol. The molecule has 5 N–H and O–H groups in total. The standard InChI is InChI=1S/C21H27N3O2/c1-14-8-9-17(15(2)10-14)11-18(22)12-21(26)24-19(13-20(23)25)16-6-4-3-5-7-16/h3-10,18-19H,11-13,22H2,1-2H3,(H2,23,25)(H,24,26)/t18?,19-/m0/s1. The first kappa shape index (κ1) is 19.7. The molecule has 0 bridgehead atoms. The first-order valence-corrected chi connectivity index (χ1v) is 8.79. The zero-order valence-electron chi connectivity index (χ0n) is 15.4. The fourth-order valence-corrected chi connectivity index (χ4v) is 3.06. The number of carbonyl (C=O) groups excluding carboxylic acids is 2. The third kappa shape index (κ3) is 6.01. The number of nitrogens with one attached hydrogen (secondary N) is 1. The maximum Gasteiger partial charge on any atom is 0.222 e. The van der Waals surface area contributed by atoms with Crippen LogP contribution in [0.4, 0.5) is 0 Å². The Kier molecular flexibility index (Phi) is 6.92. The molecule has 1 unspecified atom stereocenters. The van der Waals surface area contributed by atoms with Gasteiger partial charge in [-0.1, -0.05) is 54.1 Å². The average Bonchev–Trinajstić information content (AvgIpc) is 2.57. The molecular formula is C21H27N3O2. The van der Waals surface area contributed by atoms with Crippen LogP contribution in [0.5, 0.6) is 0 Å².